The number of carbonyl (C=O) groups is 4. The summed E-state index contributed by atoms with van der Waals surface area (Å²) in [4.78, 5) is 51.7. The van der Waals surface area contributed by atoms with Crippen molar-refractivity contribution in [2.75, 3.05) is 64.6 Å². The number of nitrogens with zero attached hydrogens (tertiary/aromatic N) is 3. The Bertz CT molecular complexity index is 2280. The molecule has 2 N–H and O–H groups in total. The first-order valence-corrected chi connectivity index (χ1v) is 25.1. The summed E-state index contributed by atoms with van der Waals surface area (Å²) in [5.41, 5.74) is 6.62. The van der Waals surface area contributed by atoms with Crippen LogP contribution in [0.25, 0.3) is 0 Å². The maximum Gasteiger partial charge on any atom is 0.253 e. The van der Waals surface area contributed by atoms with E-state index in [1.54, 1.807) is 13.2 Å². The van der Waals surface area contributed by atoms with E-state index in [4.69, 9.17) is 9.47 Å². The molecule has 0 spiro atoms. The number of ether oxygens (including phenoxy) is 2. The van der Waals surface area contributed by atoms with E-state index in [1.807, 2.05) is 0 Å². The lowest BCUT2D eigenvalue weighted by Gasteiger charge is -2.27. The summed E-state index contributed by atoms with van der Waals surface area (Å²) >= 11 is 0. The summed E-state index contributed by atoms with van der Waals surface area (Å²) in [7, 11) is -3.04. The fraction of sp³-hybridized carbons (Fsp3) is 0.549. The van der Waals surface area contributed by atoms with Gasteiger partial charge in [-0.15, -0.1) is 0 Å². The molecule has 0 saturated heterocycles. The molecule has 5 rings (SSSR count). The quantitative estimate of drug-likeness (QED) is 0.0396. The number of amides is 4. The highest BCUT2D eigenvalue weighted by molar-refractivity contribution is 7.85. The number of hydrogen-bond acceptors (Lipinski definition) is 10. The zero-order valence-corrected chi connectivity index (χ0v) is 40.7. The topological polar surface area (TPSA) is 177 Å². The van der Waals surface area contributed by atoms with E-state index in [-0.39, 0.29) is 33.9 Å². The molecular formula is C51H71N5O9S. The van der Waals surface area contributed by atoms with Crippen LogP contribution in [-0.4, -0.2) is 111 Å². The van der Waals surface area contributed by atoms with Crippen LogP contribution in [0, 0.1) is 0 Å². The average molecular weight is 930 g/mol. The molecule has 0 radical (unpaired) electrons. The lowest BCUT2D eigenvalue weighted by atomic mass is 9.80. The van der Waals surface area contributed by atoms with Crippen LogP contribution in [0.2, 0.25) is 0 Å². The summed E-state index contributed by atoms with van der Waals surface area (Å²) in [5, 5.41) is 5.92. The van der Waals surface area contributed by atoms with Crippen molar-refractivity contribution in [3.8, 4) is 0 Å². The minimum Gasteiger partial charge on any atom is -0.744 e. The predicted molar refractivity (Wildman–Crippen MR) is 256 cm³/mol. The van der Waals surface area contributed by atoms with Crippen LogP contribution in [0.15, 0.2) is 77.4 Å². The normalized spacial score (nSPS) is 16.9. The number of benzene rings is 2. The van der Waals surface area contributed by atoms with Gasteiger partial charge in [-0.2, -0.15) is 4.58 Å². The molecule has 3 heterocycles. The zero-order valence-electron chi connectivity index (χ0n) is 39.9. The molecule has 0 aromatic heterocycles. The molecule has 3 aliphatic heterocycles. The number of unbranched alkanes of at least 4 members (excludes halogenated alkanes) is 6. The van der Waals surface area contributed by atoms with Crippen molar-refractivity contribution in [3.05, 3.63) is 89.2 Å². The van der Waals surface area contributed by atoms with Crippen LogP contribution in [0.1, 0.15) is 122 Å². The fourth-order valence-corrected chi connectivity index (χ4v) is 9.56. The van der Waals surface area contributed by atoms with Crippen molar-refractivity contribution in [2.24, 2.45) is 0 Å². The Kier molecular flexibility index (Phi) is 19.1. The van der Waals surface area contributed by atoms with Crippen molar-refractivity contribution in [1.82, 2.24) is 15.5 Å². The van der Waals surface area contributed by atoms with Gasteiger partial charge >= 0.3 is 0 Å². The van der Waals surface area contributed by atoms with Gasteiger partial charge in [-0.3, -0.25) is 24.1 Å². The molecule has 15 heteroatoms. The molecule has 0 fully saturated rings. The molecule has 2 aromatic rings. The lowest BCUT2D eigenvalue weighted by molar-refractivity contribution is -0.438. The van der Waals surface area contributed by atoms with Crippen molar-refractivity contribution < 1.29 is 46.2 Å². The maximum absolute atomic E-state index is 12.6. The second-order valence-electron chi connectivity index (χ2n) is 18.3. The van der Waals surface area contributed by atoms with Gasteiger partial charge in [-0.25, -0.2) is 8.42 Å². The summed E-state index contributed by atoms with van der Waals surface area (Å²) in [5.74, 6) is -0.535. The Balaban J connectivity index is 1.23. The first-order chi connectivity index (χ1) is 31.5. The molecule has 0 aliphatic carbocycles. The molecule has 360 valence electrons. The molecule has 0 unspecified atom stereocenters. The van der Waals surface area contributed by atoms with Gasteiger partial charge in [-0.1, -0.05) is 39.3 Å². The highest BCUT2D eigenvalue weighted by Crippen LogP contribution is 2.49. The number of allylic oxidation sites excluding steroid dienone is 4. The van der Waals surface area contributed by atoms with Crippen LogP contribution in [0.5, 0.6) is 0 Å². The van der Waals surface area contributed by atoms with E-state index < -0.39 is 15.5 Å². The van der Waals surface area contributed by atoms with Crippen LogP contribution < -0.4 is 15.5 Å². The number of fused-ring (bicyclic) bond motifs is 2. The van der Waals surface area contributed by atoms with Gasteiger partial charge in [0.25, 0.3) is 11.8 Å². The van der Waals surface area contributed by atoms with E-state index in [2.05, 4.69) is 91.2 Å². The summed E-state index contributed by atoms with van der Waals surface area (Å²) in [6.45, 7) is 15.1. The third-order valence-electron chi connectivity index (χ3n) is 12.9. The lowest BCUT2D eigenvalue weighted by Crippen LogP contribution is -2.31. The van der Waals surface area contributed by atoms with Gasteiger partial charge < -0.3 is 29.6 Å². The number of hydrogen-bond donors (Lipinski definition) is 2. The zero-order chi connectivity index (χ0) is 47.9. The van der Waals surface area contributed by atoms with Gasteiger partial charge in [0, 0.05) is 99.2 Å². The number of imide groups is 1. The molecule has 2 aromatic carbocycles. The first kappa shape index (κ1) is 52.0. The SMILES string of the molecule is CCc1ccc2c(c1)C(C)(C)C(C=CC=C1N(CCCCCC(=O)NCCCCCN3C(=O)C=CC3=O)c3ccc(S(=O)(=O)[O-])cc3C1(C)C)=[N+]2CCCCCC(=O)NCCOCCOC. The Morgan fingerprint density at radius 2 is 1.41 bits per heavy atom. The van der Waals surface area contributed by atoms with E-state index in [0.29, 0.717) is 71.7 Å². The van der Waals surface area contributed by atoms with Gasteiger partial charge in [0.15, 0.2) is 5.71 Å². The second-order valence-corrected chi connectivity index (χ2v) is 19.7. The smallest absolute Gasteiger partial charge is 0.253 e. The predicted octanol–water partition coefficient (Wildman–Crippen LogP) is 6.88. The number of anilines is 1. The van der Waals surface area contributed by atoms with Crippen LogP contribution in [0.3, 0.4) is 0 Å². The maximum atomic E-state index is 12.6. The first-order valence-electron chi connectivity index (χ1n) is 23.7. The number of methoxy groups -OCH3 is 1. The van der Waals surface area contributed by atoms with E-state index >= 15 is 0 Å². The Labute approximate surface area is 392 Å². The summed E-state index contributed by atoms with van der Waals surface area (Å²) in [6.07, 6.45) is 17.9. The molecule has 0 saturated carbocycles. The molecule has 3 aliphatic rings. The third-order valence-corrected chi connectivity index (χ3v) is 13.7. The van der Waals surface area contributed by atoms with E-state index in [9.17, 15) is 32.1 Å². The molecule has 4 amide bonds. The van der Waals surface area contributed by atoms with Gasteiger partial charge in [-0.05, 0) is 107 Å². The highest BCUT2D eigenvalue weighted by atomic mass is 32.2. The van der Waals surface area contributed by atoms with Crippen molar-refractivity contribution >= 4 is 50.8 Å². The van der Waals surface area contributed by atoms with Gasteiger partial charge in [0.1, 0.15) is 16.7 Å². The Morgan fingerprint density at radius 3 is 2.08 bits per heavy atom. The van der Waals surface area contributed by atoms with Gasteiger partial charge in [0.05, 0.1) is 30.1 Å². The second kappa shape index (κ2) is 24.2. The molecular weight excluding hydrogens is 859 g/mol. The summed E-state index contributed by atoms with van der Waals surface area (Å²) < 4.78 is 49.3. The third kappa shape index (κ3) is 13.6. The molecule has 0 bridgehead atoms. The fourth-order valence-electron chi connectivity index (χ4n) is 9.06. The monoisotopic (exact) mass is 929 g/mol. The number of nitrogens with one attached hydrogen (secondary N) is 2. The Hall–Kier alpha value is -4.96. The van der Waals surface area contributed by atoms with Crippen molar-refractivity contribution in [3.63, 3.8) is 0 Å². The van der Waals surface area contributed by atoms with Crippen LogP contribution >= 0.6 is 0 Å². The number of carbonyl (C=O) groups excluding carboxylic acids is 4. The largest absolute Gasteiger partial charge is 0.744 e. The average Bonchev–Trinajstić information content (AvgIpc) is 3.79. The molecule has 66 heavy (non-hydrogen) atoms. The standard InChI is InChI=1S/C51H71N5O9S/c1-7-38-22-24-42-40(36-38)50(2,3)44(54(42)30-14-9-12-21-47(58)53-29-33-65-35-34-64-6)18-17-19-45-51(4,5)41-37-39(66(61,62)63)23-25-43(41)55(45)31-15-8-11-20-46(57)52-28-13-10-16-32-56-48(59)26-27-49(56)60/h17-19,22-27,36-37H,7-16,20-21,28-35H2,1-6H3,(H2-,52,53,57,58,61,62,63). The molecule has 0 atom stereocenters. The molecule has 14 nitrogen and oxygen atoms in total. The van der Waals surface area contributed by atoms with Gasteiger partial charge in [0.2, 0.25) is 17.5 Å². The Morgan fingerprint density at radius 1 is 0.758 bits per heavy atom. The van der Waals surface area contributed by atoms with E-state index in [0.717, 1.165) is 74.9 Å². The summed E-state index contributed by atoms with van der Waals surface area (Å²) in [6, 6.07) is 11.4. The van der Waals surface area contributed by atoms with E-state index in [1.165, 1.54) is 51.7 Å². The minimum atomic E-state index is -4.67. The van der Waals surface area contributed by atoms with Crippen LogP contribution in [0.4, 0.5) is 11.4 Å². The van der Waals surface area contributed by atoms with Crippen molar-refractivity contribution in [2.45, 2.75) is 127 Å². The highest BCUT2D eigenvalue weighted by Gasteiger charge is 2.44. The van der Waals surface area contributed by atoms with Crippen molar-refractivity contribution in [1.29, 1.82) is 0 Å². The number of rotatable bonds is 28. The van der Waals surface area contributed by atoms with Crippen LogP contribution in [-0.2, 0) is 56.0 Å². The number of aryl methyl sites for hydroxylation is 1. The minimum absolute atomic E-state index is 0.0119.